The summed E-state index contributed by atoms with van der Waals surface area (Å²) < 4.78 is 1.15. The van der Waals surface area contributed by atoms with Crippen LogP contribution in [-0.2, 0) is 6.42 Å². The van der Waals surface area contributed by atoms with Crippen LogP contribution in [-0.4, -0.2) is 0 Å². The Bertz CT molecular complexity index is 619. The van der Waals surface area contributed by atoms with Gasteiger partial charge in [0, 0.05) is 10.2 Å². The molecule has 1 aliphatic rings. The summed E-state index contributed by atoms with van der Waals surface area (Å²) in [5.74, 6) is 0. The van der Waals surface area contributed by atoms with Crippen LogP contribution in [0, 0.1) is 13.8 Å². The minimum absolute atomic E-state index is 0.439. The lowest BCUT2D eigenvalue weighted by Crippen LogP contribution is -2.07. The second-order valence-electron chi connectivity index (χ2n) is 5.42. The van der Waals surface area contributed by atoms with Crippen LogP contribution >= 0.6 is 15.9 Å². The highest BCUT2D eigenvalue weighted by atomic mass is 79.9. The van der Waals surface area contributed by atoms with Crippen molar-refractivity contribution in [2.45, 2.75) is 32.7 Å². The monoisotopic (exact) mass is 315 g/mol. The third kappa shape index (κ3) is 2.55. The fourth-order valence-electron chi connectivity index (χ4n) is 2.80. The van der Waals surface area contributed by atoms with E-state index >= 15 is 0 Å². The lowest BCUT2D eigenvalue weighted by Gasteiger charge is -2.17. The van der Waals surface area contributed by atoms with Crippen LogP contribution in [0.25, 0.3) is 0 Å². The Hall–Kier alpha value is -1.28. The van der Waals surface area contributed by atoms with Gasteiger partial charge in [-0.2, -0.15) is 0 Å². The number of hydrogen-bond donors (Lipinski definition) is 1. The Morgan fingerprint density at radius 3 is 2.58 bits per heavy atom. The molecule has 1 N–H and O–H groups in total. The lowest BCUT2D eigenvalue weighted by molar-refractivity contribution is 0.761. The molecule has 1 aliphatic carbocycles. The molecule has 0 heterocycles. The van der Waals surface area contributed by atoms with Gasteiger partial charge in [-0.15, -0.1) is 0 Å². The molecule has 0 radical (unpaired) electrons. The van der Waals surface area contributed by atoms with Crippen molar-refractivity contribution < 1.29 is 0 Å². The van der Waals surface area contributed by atoms with Crippen molar-refractivity contribution in [2.75, 3.05) is 5.32 Å². The summed E-state index contributed by atoms with van der Waals surface area (Å²) in [4.78, 5) is 0. The molecule has 0 saturated heterocycles. The van der Waals surface area contributed by atoms with E-state index in [1.807, 2.05) is 0 Å². The highest BCUT2D eigenvalue weighted by molar-refractivity contribution is 9.10. The van der Waals surface area contributed by atoms with Gasteiger partial charge in [-0.3, -0.25) is 0 Å². The molecule has 2 heteroatoms. The van der Waals surface area contributed by atoms with Gasteiger partial charge in [0.15, 0.2) is 0 Å². The van der Waals surface area contributed by atoms with E-state index in [1.54, 1.807) is 0 Å². The Morgan fingerprint density at radius 2 is 1.79 bits per heavy atom. The standard InChI is InChI=1S/C17H18BrN/c1-11-3-5-13-6-8-16(14(13)9-11)19-17-7-4-12(2)10-15(17)18/h3-5,7,9-10,16,19H,6,8H2,1-2H3. The fraction of sp³-hybridized carbons (Fsp3) is 0.294. The Morgan fingerprint density at radius 1 is 1.05 bits per heavy atom. The summed E-state index contributed by atoms with van der Waals surface area (Å²) >= 11 is 3.65. The molecule has 19 heavy (non-hydrogen) atoms. The van der Waals surface area contributed by atoms with E-state index in [2.05, 4.69) is 71.5 Å². The highest BCUT2D eigenvalue weighted by Gasteiger charge is 2.22. The van der Waals surface area contributed by atoms with Gasteiger partial charge in [0.25, 0.3) is 0 Å². The minimum Gasteiger partial charge on any atom is -0.377 e. The molecule has 1 atom stereocenters. The maximum Gasteiger partial charge on any atom is 0.0520 e. The summed E-state index contributed by atoms with van der Waals surface area (Å²) in [6.07, 6.45) is 2.36. The quantitative estimate of drug-likeness (QED) is 0.806. The number of fused-ring (bicyclic) bond motifs is 1. The van der Waals surface area contributed by atoms with Gasteiger partial charge in [0.2, 0.25) is 0 Å². The molecule has 2 aromatic carbocycles. The largest absolute Gasteiger partial charge is 0.377 e. The number of rotatable bonds is 2. The van der Waals surface area contributed by atoms with Gasteiger partial charge in [0.1, 0.15) is 0 Å². The minimum atomic E-state index is 0.439. The highest BCUT2D eigenvalue weighted by Crippen LogP contribution is 2.36. The van der Waals surface area contributed by atoms with Crippen molar-refractivity contribution in [3.63, 3.8) is 0 Å². The number of aryl methyl sites for hydroxylation is 3. The summed E-state index contributed by atoms with van der Waals surface area (Å²) in [5, 5.41) is 3.67. The predicted octanol–water partition coefficient (Wildman–Crippen LogP) is 5.17. The van der Waals surface area contributed by atoms with E-state index in [0.717, 1.165) is 4.47 Å². The van der Waals surface area contributed by atoms with Gasteiger partial charge in [-0.1, -0.05) is 29.8 Å². The van der Waals surface area contributed by atoms with Crippen LogP contribution in [0.3, 0.4) is 0 Å². The third-order valence-corrected chi connectivity index (χ3v) is 4.49. The second kappa shape index (κ2) is 5.01. The number of nitrogens with one attached hydrogen (secondary N) is 1. The van der Waals surface area contributed by atoms with Gasteiger partial charge < -0.3 is 5.32 Å². The van der Waals surface area contributed by atoms with Crippen molar-refractivity contribution in [3.8, 4) is 0 Å². The summed E-state index contributed by atoms with van der Waals surface area (Å²) in [6, 6.07) is 13.7. The van der Waals surface area contributed by atoms with Gasteiger partial charge in [0.05, 0.1) is 6.04 Å². The van der Waals surface area contributed by atoms with E-state index in [9.17, 15) is 0 Å². The molecule has 0 saturated carbocycles. The first-order valence-electron chi connectivity index (χ1n) is 6.75. The van der Waals surface area contributed by atoms with E-state index < -0.39 is 0 Å². The van der Waals surface area contributed by atoms with Crippen molar-refractivity contribution in [3.05, 3.63) is 63.1 Å². The predicted molar refractivity (Wildman–Crippen MR) is 84.7 cm³/mol. The van der Waals surface area contributed by atoms with E-state index in [4.69, 9.17) is 0 Å². The van der Waals surface area contributed by atoms with E-state index in [1.165, 1.54) is 40.8 Å². The molecule has 98 valence electrons. The number of benzene rings is 2. The Kier molecular flexibility index (Phi) is 3.36. The molecule has 0 fully saturated rings. The van der Waals surface area contributed by atoms with Crippen LogP contribution in [0.15, 0.2) is 40.9 Å². The Labute approximate surface area is 123 Å². The van der Waals surface area contributed by atoms with Crippen molar-refractivity contribution in [2.24, 2.45) is 0 Å². The molecule has 0 aromatic heterocycles. The molecule has 0 amide bonds. The Balaban J connectivity index is 1.88. The fourth-order valence-corrected chi connectivity index (χ4v) is 3.40. The zero-order chi connectivity index (χ0) is 13.4. The molecule has 1 nitrogen and oxygen atoms in total. The first-order chi connectivity index (χ1) is 9.13. The molecular formula is C17H18BrN. The summed E-state index contributed by atoms with van der Waals surface area (Å²) in [5.41, 5.74) is 6.76. The first-order valence-corrected chi connectivity index (χ1v) is 7.55. The molecule has 1 unspecified atom stereocenters. The van der Waals surface area contributed by atoms with Crippen molar-refractivity contribution in [1.82, 2.24) is 0 Å². The van der Waals surface area contributed by atoms with Crippen molar-refractivity contribution >= 4 is 21.6 Å². The number of anilines is 1. The van der Waals surface area contributed by atoms with E-state index in [0.29, 0.717) is 6.04 Å². The molecular weight excluding hydrogens is 298 g/mol. The molecule has 3 rings (SSSR count). The van der Waals surface area contributed by atoms with Gasteiger partial charge in [-0.25, -0.2) is 0 Å². The molecule has 0 spiro atoms. The topological polar surface area (TPSA) is 12.0 Å². The maximum atomic E-state index is 3.67. The maximum absolute atomic E-state index is 3.67. The second-order valence-corrected chi connectivity index (χ2v) is 6.28. The molecule has 0 aliphatic heterocycles. The number of halogens is 1. The first kappa shape index (κ1) is 12.7. The van der Waals surface area contributed by atoms with Crippen LogP contribution in [0.1, 0.15) is 34.7 Å². The van der Waals surface area contributed by atoms with Crippen LogP contribution < -0.4 is 5.32 Å². The lowest BCUT2D eigenvalue weighted by atomic mass is 10.0. The average molecular weight is 316 g/mol. The summed E-state index contributed by atoms with van der Waals surface area (Å²) in [7, 11) is 0. The SMILES string of the molecule is Cc1ccc(NC2CCc3ccc(C)cc32)c(Br)c1. The zero-order valence-electron chi connectivity index (χ0n) is 11.3. The average Bonchev–Trinajstić information content (AvgIpc) is 2.75. The normalized spacial score (nSPS) is 17.3. The van der Waals surface area contributed by atoms with Crippen molar-refractivity contribution in [1.29, 1.82) is 0 Å². The van der Waals surface area contributed by atoms with Crippen LogP contribution in [0.4, 0.5) is 5.69 Å². The van der Waals surface area contributed by atoms with Crippen LogP contribution in [0.2, 0.25) is 0 Å². The third-order valence-electron chi connectivity index (χ3n) is 3.83. The van der Waals surface area contributed by atoms with E-state index in [-0.39, 0.29) is 0 Å². The number of hydrogen-bond acceptors (Lipinski definition) is 1. The zero-order valence-corrected chi connectivity index (χ0v) is 12.9. The van der Waals surface area contributed by atoms with Crippen LogP contribution in [0.5, 0.6) is 0 Å². The van der Waals surface area contributed by atoms with Gasteiger partial charge >= 0.3 is 0 Å². The smallest absolute Gasteiger partial charge is 0.0520 e. The summed E-state index contributed by atoms with van der Waals surface area (Å²) in [6.45, 7) is 4.28. The molecule has 2 aromatic rings. The molecule has 0 bridgehead atoms. The van der Waals surface area contributed by atoms with Gasteiger partial charge in [-0.05, 0) is 71.4 Å².